The van der Waals surface area contributed by atoms with Gasteiger partial charge in [0, 0.05) is 38.9 Å². The quantitative estimate of drug-likeness (QED) is 0.782. The molecule has 4 atom stereocenters. The Morgan fingerprint density at radius 2 is 1.80 bits per heavy atom. The minimum absolute atomic E-state index is 0.226. The van der Waals surface area contributed by atoms with Gasteiger partial charge in [-0.3, -0.25) is 0 Å². The number of para-hydroxylation sites is 2. The number of methoxy groups -OCH3 is 1. The lowest BCUT2D eigenvalue weighted by Gasteiger charge is -2.35. The molecule has 30 heavy (non-hydrogen) atoms. The van der Waals surface area contributed by atoms with Gasteiger partial charge in [0.2, 0.25) is 5.95 Å². The van der Waals surface area contributed by atoms with E-state index in [0.717, 1.165) is 49.8 Å². The van der Waals surface area contributed by atoms with Crippen molar-refractivity contribution in [2.75, 3.05) is 44.1 Å². The summed E-state index contributed by atoms with van der Waals surface area (Å²) in [6, 6.07) is 9.73. The summed E-state index contributed by atoms with van der Waals surface area (Å²) >= 11 is 0. The molecule has 1 aliphatic carbocycles. The highest BCUT2D eigenvalue weighted by atomic mass is 16.5. The summed E-state index contributed by atoms with van der Waals surface area (Å²) in [4.78, 5) is 13.7. The van der Waals surface area contributed by atoms with Gasteiger partial charge in [-0.2, -0.15) is 4.98 Å². The number of ether oxygens (including phenoxy) is 2. The molecule has 1 N–H and O–H groups in total. The Morgan fingerprint density at radius 3 is 2.47 bits per heavy atom. The molecule has 0 unspecified atom stereocenters. The van der Waals surface area contributed by atoms with Crippen molar-refractivity contribution in [1.82, 2.24) is 9.97 Å². The van der Waals surface area contributed by atoms with Crippen LogP contribution in [-0.2, 0) is 6.42 Å². The number of rotatable bonds is 6. The van der Waals surface area contributed by atoms with E-state index in [-0.39, 0.29) is 6.10 Å². The molecular weight excluding hydrogens is 380 g/mol. The molecule has 1 saturated heterocycles. The molecule has 2 aromatic rings. The second kappa shape index (κ2) is 8.68. The molecule has 2 heterocycles. The van der Waals surface area contributed by atoms with Crippen LogP contribution < -0.4 is 19.3 Å². The molecule has 7 nitrogen and oxygen atoms in total. The van der Waals surface area contributed by atoms with E-state index in [4.69, 9.17) is 14.5 Å². The molecule has 0 amide bonds. The molecule has 2 aliphatic rings. The average molecular weight is 413 g/mol. The zero-order valence-corrected chi connectivity index (χ0v) is 18.3. The van der Waals surface area contributed by atoms with Gasteiger partial charge in [0.25, 0.3) is 0 Å². The van der Waals surface area contributed by atoms with Crippen LogP contribution in [0.5, 0.6) is 11.5 Å². The highest BCUT2D eigenvalue weighted by Crippen LogP contribution is 2.40. The Kier molecular flexibility index (Phi) is 5.99. The smallest absolute Gasteiger partial charge is 0.227 e. The molecule has 162 valence electrons. The Morgan fingerprint density at radius 1 is 1.10 bits per heavy atom. The van der Waals surface area contributed by atoms with E-state index in [1.165, 1.54) is 0 Å². The number of hydrogen-bond donors (Lipinski definition) is 1. The number of aryl methyl sites for hydroxylation is 1. The van der Waals surface area contributed by atoms with Gasteiger partial charge in [0.1, 0.15) is 11.9 Å². The maximum absolute atomic E-state index is 10.8. The topological polar surface area (TPSA) is 71.0 Å². The fourth-order valence-corrected chi connectivity index (χ4v) is 4.60. The van der Waals surface area contributed by atoms with Crippen molar-refractivity contribution in [2.24, 2.45) is 11.8 Å². The lowest BCUT2D eigenvalue weighted by Crippen LogP contribution is -2.42. The van der Waals surface area contributed by atoms with Crippen molar-refractivity contribution < 1.29 is 14.6 Å². The van der Waals surface area contributed by atoms with E-state index in [1.807, 2.05) is 43.3 Å². The van der Waals surface area contributed by atoms with Crippen molar-refractivity contribution in [3.63, 3.8) is 0 Å². The minimum atomic E-state index is -0.481. The summed E-state index contributed by atoms with van der Waals surface area (Å²) in [7, 11) is 5.58. The van der Waals surface area contributed by atoms with Gasteiger partial charge in [-0.05, 0) is 43.2 Å². The minimum Gasteiger partial charge on any atom is -0.493 e. The molecule has 0 radical (unpaired) electrons. The second-order valence-corrected chi connectivity index (χ2v) is 8.54. The van der Waals surface area contributed by atoms with Crippen molar-refractivity contribution in [1.29, 1.82) is 0 Å². The first kappa shape index (κ1) is 20.7. The van der Waals surface area contributed by atoms with Crippen LogP contribution >= 0.6 is 0 Å². The van der Waals surface area contributed by atoms with Crippen LogP contribution in [0.25, 0.3) is 0 Å². The summed E-state index contributed by atoms with van der Waals surface area (Å²) in [5, 5.41) is 10.8. The molecule has 2 fully saturated rings. The Labute approximate surface area is 178 Å². The van der Waals surface area contributed by atoms with Gasteiger partial charge >= 0.3 is 0 Å². The number of hydrogen-bond acceptors (Lipinski definition) is 7. The van der Waals surface area contributed by atoms with Crippen LogP contribution in [-0.4, -0.2) is 61.6 Å². The van der Waals surface area contributed by atoms with Crippen LogP contribution in [0.1, 0.15) is 25.5 Å². The van der Waals surface area contributed by atoms with Gasteiger partial charge in [-0.1, -0.05) is 19.1 Å². The maximum Gasteiger partial charge on any atom is 0.227 e. The van der Waals surface area contributed by atoms with Gasteiger partial charge < -0.3 is 24.4 Å². The molecule has 1 aliphatic heterocycles. The first-order chi connectivity index (χ1) is 14.5. The highest BCUT2D eigenvalue weighted by Gasteiger charge is 2.43. The molecular formula is C23H32N4O3. The third-order valence-corrected chi connectivity index (χ3v) is 6.27. The van der Waals surface area contributed by atoms with E-state index in [9.17, 15) is 5.11 Å². The second-order valence-electron chi connectivity index (χ2n) is 8.54. The molecule has 1 aromatic carbocycles. The lowest BCUT2D eigenvalue weighted by molar-refractivity contribution is -0.0240. The normalized spacial score (nSPS) is 25.7. The SMILES string of the molecule is CCc1cc(N2C[C@H]3C[C@@H](Oc4ccccc4OC)[C@H](O)C[C@H]3C2)nc(N(C)C)n1. The van der Waals surface area contributed by atoms with Crippen LogP contribution in [0, 0.1) is 11.8 Å². The van der Waals surface area contributed by atoms with Crippen molar-refractivity contribution >= 4 is 11.8 Å². The predicted molar refractivity (Wildman–Crippen MR) is 118 cm³/mol. The molecule has 0 spiro atoms. The first-order valence-electron chi connectivity index (χ1n) is 10.8. The van der Waals surface area contributed by atoms with Crippen molar-refractivity contribution in [2.45, 2.75) is 38.4 Å². The molecule has 7 heteroatoms. The van der Waals surface area contributed by atoms with Crippen LogP contribution in [0.3, 0.4) is 0 Å². The third-order valence-electron chi connectivity index (χ3n) is 6.27. The van der Waals surface area contributed by atoms with E-state index < -0.39 is 6.10 Å². The third kappa shape index (κ3) is 4.17. The largest absolute Gasteiger partial charge is 0.493 e. The summed E-state index contributed by atoms with van der Waals surface area (Å²) in [6.45, 7) is 3.96. The number of aliphatic hydroxyl groups excluding tert-OH is 1. The Hall–Kier alpha value is -2.54. The maximum atomic E-state index is 10.8. The van der Waals surface area contributed by atoms with Crippen LogP contribution in [0.4, 0.5) is 11.8 Å². The fraction of sp³-hybridized carbons (Fsp3) is 0.565. The Bertz CT molecular complexity index is 875. The lowest BCUT2D eigenvalue weighted by atomic mass is 9.78. The van der Waals surface area contributed by atoms with Crippen molar-refractivity contribution in [3.05, 3.63) is 36.0 Å². The standard InChI is InChI=1S/C23H32N4O3/c1-5-17-12-22(25-23(24-17)26(2)3)27-13-15-10-18(28)21(11-16(15)14-27)30-20-9-7-6-8-19(20)29-4/h6-9,12,15-16,18,21,28H,5,10-11,13-14H2,1-4H3/t15-,16+,18+,21+/m0/s1. The van der Waals surface area contributed by atoms with Crippen molar-refractivity contribution in [3.8, 4) is 11.5 Å². The zero-order valence-electron chi connectivity index (χ0n) is 18.3. The van der Waals surface area contributed by atoms with E-state index in [2.05, 4.69) is 22.9 Å². The van der Waals surface area contributed by atoms with Crippen LogP contribution in [0.2, 0.25) is 0 Å². The molecule has 1 saturated carbocycles. The number of aromatic nitrogens is 2. The van der Waals surface area contributed by atoms with Gasteiger partial charge in [0.05, 0.1) is 13.2 Å². The summed E-state index contributed by atoms with van der Waals surface area (Å²) < 4.78 is 11.6. The molecule has 0 bridgehead atoms. The Balaban J connectivity index is 1.49. The zero-order chi connectivity index (χ0) is 21.3. The van der Waals surface area contributed by atoms with E-state index in [0.29, 0.717) is 23.3 Å². The summed E-state index contributed by atoms with van der Waals surface area (Å²) in [6.07, 6.45) is 1.74. The number of fused-ring (bicyclic) bond motifs is 1. The average Bonchev–Trinajstić information content (AvgIpc) is 3.16. The monoisotopic (exact) mass is 412 g/mol. The molecule has 1 aromatic heterocycles. The number of anilines is 2. The van der Waals surface area contributed by atoms with Gasteiger partial charge in [0.15, 0.2) is 11.5 Å². The molecule has 4 rings (SSSR count). The number of benzene rings is 1. The number of aliphatic hydroxyl groups is 1. The van der Waals surface area contributed by atoms with Gasteiger partial charge in [-0.25, -0.2) is 4.98 Å². The summed E-state index contributed by atoms with van der Waals surface area (Å²) in [5.41, 5.74) is 1.05. The highest BCUT2D eigenvalue weighted by molar-refractivity contribution is 5.47. The van der Waals surface area contributed by atoms with E-state index in [1.54, 1.807) is 7.11 Å². The van der Waals surface area contributed by atoms with Gasteiger partial charge in [-0.15, -0.1) is 0 Å². The van der Waals surface area contributed by atoms with E-state index >= 15 is 0 Å². The number of nitrogens with zero attached hydrogens (tertiary/aromatic N) is 4. The fourth-order valence-electron chi connectivity index (χ4n) is 4.60. The summed E-state index contributed by atoms with van der Waals surface area (Å²) in [5.74, 6) is 4.03. The predicted octanol–water partition coefficient (Wildman–Crippen LogP) is 2.77. The first-order valence-corrected chi connectivity index (χ1v) is 10.8. The van der Waals surface area contributed by atoms with Crippen LogP contribution in [0.15, 0.2) is 30.3 Å².